The van der Waals surface area contributed by atoms with E-state index in [9.17, 15) is 5.11 Å². The van der Waals surface area contributed by atoms with Crippen molar-refractivity contribution in [3.63, 3.8) is 0 Å². The third-order valence-electron chi connectivity index (χ3n) is 7.56. The molecule has 168 valence electrons. The fraction of sp³-hybridized carbons (Fsp3) is 0.500. The molecule has 1 N–H and O–H groups in total. The highest BCUT2D eigenvalue weighted by molar-refractivity contribution is 5.53. The van der Waals surface area contributed by atoms with Crippen molar-refractivity contribution >= 4 is 0 Å². The summed E-state index contributed by atoms with van der Waals surface area (Å²) in [4.78, 5) is 0. The van der Waals surface area contributed by atoms with Crippen LogP contribution in [0.15, 0.2) is 42.5 Å². The van der Waals surface area contributed by atoms with Gasteiger partial charge in [0.05, 0.1) is 12.2 Å². The van der Waals surface area contributed by atoms with E-state index in [-0.39, 0.29) is 11.2 Å². The van der Waals surface area contributed by atoms with E-state index in [1.165, 1.54) is 44.1 Å². The molecule has 4 bridgehead atoms. The molecule has 4 aliphatic rings. The molecule has 0 aromatic heterocycles. The summed E-state index contributed by atoms with van der Waals surface area (Å²) < 4.78 is 17.4. The fourth-order valence-corrected chi connectivity index (χ4v) is 6.69. The first-order chi connectivity index (χ1) is 15.6. The Hall–Kier alpha value is -2.48. The van der Waals surface area contributed by atoms with Crippen LogP contribution in [0.3, 0.4) is 0 Å². The van der Waals surface area contributed by atoms with E-state index in [4.69, 9.17) is 14.2 Å². The van der Waals surface area contributed by atoms with Crippen LogP contribution < -0.4 is 4.74 Å². The zero-order chi connectivity index (χ0) is 22.1. The predicted molar refractivity (Wildman–Crippen MR) is 123 cm³/mol. The van der Waals surface area contributed by atoms with Crippen molar-refractivity contribution in [3.8, 4) is 23.3 Å². The Kier molecular flexibility index (Phi) is 5.88. The minimum atomic E-state index is -0.742. The number of phenolic OH excluding ortho intramolecular Hbond substituents is 1. The molecule has 4 fully saturated rings. The van der Waals surface area contributed by atoms with Crippen molar-refractivity contribution in [2.45, 2.75) is 57.3 Å². The maximum atomic E-state index is 10.0. The second-order valence-electron chi connectivity index (χ2n) is 9.77. The van der Waals surface area contributed by atoms with Gasteiger partial charge in [-0.3, -0.25) is 0 Å². The third kappa shape index (κ3) is 4.12. The number of hydrogen-bond acceptors (Lipinski definition) is 4. The number of phenols is 1. The molecular formula is C28H32O4. The minimum absolute atomic E-state index is 0.192. The number of benzene rings is 2. The summed E-state index contributed by atoms with van der Waals surface area (Å²) in [6, 6.07) is 13.5. The zero-order valence-electron chi connectivity index (χ0n) is 19.0. The predicted octanol–water partition coefficient (Wildman–Crippen LogP) is 5.61. The van der Waals surface area contributed by atoms with E-state index < -0.39 is 6.48 Å². The topological polar surface area (TPSA) is 47.9 Å². The van der Waals surface area contributed by atoms with Gasteiger partial charge in [0, 0.05) is 18.2 Å². The molecule has 0 aliphatic heterocycles. The molecule has 4 aliphatic carbocycles. The Morgan fingerprint density at radius 3 is 2.31 bits per heavy atom. The van der Waals surface area contributed by atoms with Gasteiger partial charge in [0.15, 0.2) is 0 Å². The van der Waals surface area contributed by atoms with Gasteiger partial charge in [-0.1, -0.05) is 30.0 Å². The number of methoxy groups -OCH3 is 1. The number of rotatable bonds is 6. The molecule has 0 spiro atoms. The second kappa shape index (κ2) is 8.81. The van der Waals surface area contributed by atoms with Crippen LogP contribution in [0.25, 0.3) is 0 Å². The number of ether oxygens (including phenoxy) is 3. The quantitative estimate of drug-likeness (QED) is 0.476. The standard InChI is InChI=1S/C28H32O4/c1-3-31-27(30-2)32-26-15-19(8-10-23-6-4-5-7-25(23)29)9-11-24(26)28-16-20-12-21(17-28)14-22(13-20)18-28/h4-7,9,11,15,20-22,27,29H,3,12-14,16-18H2,1-2H3. The lowest BCUT2D eigenvalue weighted by Gasteiger charge is -2.57. The molecule has 0 amide bonds. The number of aromatic hydroxyl groups is 1. The van der Waals surface area contributed by atoms with Gasteiger partial charge in [0.1, 0.15) is 11.5 Å². The summed E-state index contributed by atoms with van der Waals surface area (Å²) in [5, 5.41) is 10.0. The van der Waals surface area contributed by atoms with E-state index in [0.29, 0.717) is 12.2 Å². The highest BCUT2D eigenvalue weighted by atomic mass is 16.8. The molecule has 32 heavy (non-hydrogen) atoms. The minimum Gasteiger partial charge on any atom is -0.507 e. The largest absolute Gasteiger partial charge is 0.507 e. The Morgan fingerprint density at radius 1 is 1.00 bits per heavy atom. The van der Waals surface area contributed by atoms with E-state index >= 15 is 0 Å². The summed E-state index contributed by atoms with van der Waals surface area (Å²) in [7, 11) is 1.60. The van der Waals surface area contributed by atoms with Gasteiger partial charge in [-0.25, -0.2) is 0 Å². The van der Waals surface area contributed by atoms with Crippen LogP contribution in [0.5, 0.6) is 11.5 Å². The summed E-state index contributed by atoms with van der Waals surface area (Å²) in [6.45, 7) is 1.70. The molecule has 0 saturated heterocycles. The smallest absolute Gasteiger partial charge is 0.315 e. The van der Waals surface area contributed by atoms with Crippen LogP contribution in [-0.4, -0.2) is 25.3 Å². The molecule has 0 heterocycles. The zero-order valence-corrected chi connectivity index (χ0v) is 19.0. The van der Waals surface area contributed by atoms with Crippen molar-refractivity contribution in [1.82, 2.24) is 0 Å². The van der Waals surface area contributed by atoms with E-state index in [1.807, 2.05) is 25.1 Å². The SMILES string of the molecule is CCOC(OC)Oc1cc(C#Cc2ccccc2O)ccc1C12CC3CC(CC(C3)C1)C2. The van der Waals surface area contributed by atoms with Gasteiger partial charge in [-0.15, -0.1) is 0 Å². The van der Waals surface area contributed by atoms with Crippen molar-refractivity contribution in [2.75, 3.05) is 13.7 Å². The van der Waals surface area contributed by atoms with Gasteiger partial charge in [0.25, 0.3) is 0 Å². The summed E-state index contributed by atoms with van der Waals surface area (Å²) in [5.41, 5.74) is 2.94. The molecule has 2 aromatic carbocycles. The molecule has 4 saturated carbocycles. The Morgan fingerprint density at radius 2 is 1.69 bits per heavy atom. The van der Waals surface area contributed by atoms with Gasteiger partial charge >= 0.3 is 6.48 Å². The van der Waals surface area contributed by atoms with Crippen LogP contribution in [-0.2, 0) is 14.9 Å². The molecule has 4 heteroatoms. The second-order valence-corrected chi connectivity index (χ2v) is 9.77. The van der Waals surface area contributed by atoms with Gasteiger partial charge in [0.2, 0.25) is 0 Å². The molecular weight excluding hydrogens is 400 g/mol. The lowest BCUT2D eigenvalue weighted by Crippen LogP contribution is -2.48. The first-order valence-corrected chi connectivity index (χ1v) is 11.8. The third-order valence-corrected chi connectivity index (χ3v) is 7.56. The summed E-state index contributed by atoms with van der Waals surface area (Å²) >= 11 is 0. The average molecular weight is 433 g/mol. The van der Waals surface area contributed by atoms with E-state index in [0.717, 1.165) is 29.1 Å². The molecule has 2 aromatic rings. The van der Waals surface area contributed by atoms with Gasteiger partial charge in [-0.2, -0.15) is 0 Å². The van der Waals surface area contributed by atoms with E-state index in [1.54, 1.807) is 19.2 Å². The fourth-order valence-electron chi connectivity index (χ4n) is 6.69. The summed E-state index contributed by atoms with van der Waals surface area (Å²) in [6.07, 6.45) is 7.97. The maximum absolute atomic E-state index is 10.0. The molecule has 4 nitrogen and oxygen atoms in total. The van der Waals surface area contributed by atoms with Crippen molar-refractivity contribution < 1.29 is 19.3 Å². The number of hydrogen-bond donors (Lipinski definition) is 1. The van der Waals surface area contributed by atoms with Crippen molar-refractivity contribution in [3.05, 3.63) is 59.2 Å². The highest BCUT2D eigenvalue weighted by Crippen LogP contribution is 2.62. The first-order valence-electron chi connectivity index (χ1n) is 11.8. The molecule has 1 unspecified atom stereocenters. The number of para-hydroxylation sites is 1. The van der Waals surface area contributed by atoms with Gasteiger partial charge < -0.3 is 19.3 Å². The van der Waals surface area contributed by atoms with Crippen molar-refractivity contribution in [2.24, 2.45) is 17.8 Å². The molecule has 1 atom stereocenters. The van der Waals surface area contributed by atoms with Gasteiger partial charge in [-0.05, 0) is 92.9 Å². The molecule has 6 rings (SSSR count). The Bertz CT molecular complexity index is 996. The highest BCUT2D eigenvalue weighted by Gasteiger charge is 2.52. The van der Waals surface area contributed by atoms with E-state index in [2.05, 4.69) is 24.0 Å². The Balaban J connectivity index is 1.51. The molecule has 0 radical (unpaired) electrons. The van der Waals surface area contributed by atoms with Crippen LogP contribution in [0.4, 0.5) is 0 Å². The maximum Gasteiger partial charge on any atom is 0.315 e. The Labute approximate surface area is 190 Å². The van der Waals surface area contributed by atoms with Crippen LogP contribution in [0.2, 0.25) is 0 Å². The normalized spacial score (nSPS) is 28.8. The summed E-state index contributed by atoms with van der Waals surface area (Å²) in [5.74, 6) is 9.83. The monoisotopic (exact) mass is 432 g/mol. The van der Waals surface area contributed by atoms with Crippen LogP contribution in [0.1, 0.15) is 62.1 Å². The van der Waals surface area contributed by atoms with Crippen LogP contribution in [0, 0.1) is 29.6 Å². The lowest BCUT2D eigenvalue weighted by molar-refractivity contribution is -0.231. The van der Waals surface area contributed by atoms with Crippen LogP contribution >= 0.6 is 0 Å². The first kappa shape index (κ1) is 21.4. The lowest BCUT2D eigenvalue weighted by atomic mass is 9.48. The van der Waals surface area contributed by atoms with Crippen molar-refractivity contribution in [1.29, 1.82) is 0 Å². The average Bonchev–Trinajstić information content (AvgIpc) is 2.77.